The smallest absolute Gasteiger partial charge is 0.229 e. The fourth-order valence-corrected chi connectivity index (χ4v) is 6.97. The van der Waals surface area contributed by atoms with Gasteiger partial charge in [0.25, 0.3) is 0 Å². The molecule has 1 heterocycles. The van der Waals surface area contributed by atoms with Crippen LogP contribution >= 0.6 is 0 Å². The fraction of sp³-hybridized carbons (Fsp3) is 0.388. The second-order valence-corrected chi connectivity index (χ2v) is 16.6. The third-order valence-corrected chi connectivity index (χ3v) is 9.92. The Hall–Kier alpha value is -4.30. The molecular weight excluding hydrogens is 685 g/mol. The second-order valence-electron chi connectivity index (χ2n) is 16.6. The maximum Gasteiger partial charge on any atom is 0.229 e. The minimum atomic E-state index is -0.851. The minimum absolute atomic E-state index is 0.209. The van der Waals surface area contributed by atoms with Gasteiger partial charge < -0.3 is 28.4 Å². The monoisotopic (exact) mass is 742 g/mol. The number of hydrogen-bond acceptors (Lipinski definition) is 6. The highest BCUT2D eigenvalue weighted by atomic mass is 16.7. The average molecular weight is 743 g/mol. The maximum atomic E-state index is 7.28. The summed E-state index contributed by atoms with van der Waals surface area (Å²) in [7, 11) is 0. The van der Waals surface area contributed by atoms with Gasteiger partial charge in [-0.15, -0.1) is 0 Å². The lowest BCUT2D eigenvalue weighted by Crippen LogP contribution is -2.62. The molecule has 0 bridgehead atoms. The molecule has 5 aromatic rings. The first kappa shape index (κ1) is 40.4. The molecule has 6 nitrogen and oxygen atoms in total. The quantitative estimate of drug-likeness (QED) is 0.106. The largest absolute Gasteiger partial charge is 0.461 e. The number of hydrogen-bond donors (Lipinski definition) is 0. The lowest BCUT2D eigenvalue weighted by Gasteiger charge is -2.46. The summed E-state index contributed by atoms with van der Waals surface area (Å²) in [6.07, 6.45) is -3.20. The molecule has 6 rings (SSSR count). The van der Waals surface area contributed by atoms with Crippen LogP contribution in [0.1, 0.15) is 80.5 Å². The summed E-state index contributed by atoms with van der Waals surface area (Å²) in [6.45, 7) is 17.3. The molecule has 1 aliphatic heterocycles. The van der Waals surface area contributed by atoms with Gasteiger partial charge in [-0.05, 0) is 40.0 Å². The predicted molar refractivity (Wildman–Crippen MR) is 219 cm³/mol. The van der Waals surface area contributed by atoms with Gasteiger partial charge in [0.15, 0.2) is 0 Å². The molecule has 0 radical (unpaired) electrons. The van der Waals surface area contributed by atoms with Gasteiger partial charge in [-0.25, -0.2) is 0 Å². The third-order valence-electron chi connectivity index (χ3n) is 9.92. The van der Waals surface area contributed by atoms with E-state index in [1.165, 1.54) is 5.56 Å². The van der Waals surface area contributed by atoms with Crippen molar-refractivity contribution in [3.05, 3.63) is 172 Å². The first-order valence-electron chi connectivity index (χ1n) is 19.5. The predicted octanol–water partition coefficient (Wildman–Crippen LogP) is 10.7. The number of ether oxygens (including phenoxy) is 6. The van der Waals surface area contributed by atoms with Crippen molar-refractivity contribution >= 4 is 0 Å². The average Bonchev–Trinajstić information content (AvgIpc) is 3.17. The van der Waals surface area contributed by atoms with E-state index in [4.69, 9.17) is 28.4 Å². The molecular formula is C49H58O6. The van der Waals surface area contributed by atoms with Crippen molar-refractivity contribution in [3.63, 3.8) is 0 Å². The van der Waals surface area contributed by atoms with Crippen molar-refractivity contribution in [1.29, 1.82) is 0 Å². The first-order chi connectivity index (χ1) is 26.5. The number of aryl methyl sites for hydroxylation is 1. The van der Waals surface area contributed by atoms with E-state index < -0.39 is 30.7 Å². The van der Waals surface area contributed by atoms with Crippen LogP contribution < -0.4 is 4.74 Å². The van der Waals surface area contributed by atoms with Crippen molar-refractivity contribution in [3.8, 4) is 5.75 Å². The summed E-state index contributed by atoms with van der Waals surface area (Å²) in [6, 6.07) is 45.3. The number of benzene rings is 5. The summed E-state index contributed by atoms with van der Waals surface area (Å²) in [4.78, 5) is 0. The Labute approximate surface area is 328 Å². The van der Waals surface area contributed by atoms with E-state index in [0.29, 0.717) is 26.4 Å². The topological polar surface area (TPSA) is 55.4 Å². The zero-order chi connectivity index (χ0) is 38.8. The van der Waals surface area contributed by atoms with Crippen molar-refractivity contribution in [1.82, 2.24) is 0 Å². The molecule has 0 amide bonds. The van der Waals surface area contributed by atoms with Crippen molar-refractivity contribution in [2.45, 2.75) is 116 Å². The molecule has 1 aliphatic rings. The summed E-state index contributed by atoms with van der Waals surface area (Å²) < 4.78 is 41.6. The molecule has 0 saturated carbocycles. The Morgan fingerprint density at radius 3 is 1.29 bits per heavy atom. The molecule has 6 heteroatoms. The molecule has 1 fully saturated rings. The normalized spacial score (nSPS) is 20.3. The minimum Gasteiger partial charge on any atom is -0.461 e. The standard InChI is InChI=1S/C49H58O6/c1-35-28-40(48(2,3)4)43(41(29-35)49(5,6)7)55-47-46(53-33-39-26-18-11-19-27-39)45(52-32-38-24-16-10-17-25-38)44(51-31-37-22-14-9-15-23-37)42(54-47)34-50-30-36-20-12-8-13-21-36/h8-29,42,44-47H,30-34H2,1-7H3/t42-,44-,45+,46-,47+/m1/s1. The molecule has 0 spiro atoms. The first-order valence-corrected chi connectivity index (χ1v) is 19.5. The van der Waals surface area contributed by atoms with Crippen LogP contribution in [0.15, 0.2) is 133 Å². The van der Waals surface area contributed by atoms with Crippen molar-refractivity contribution in [2.24, 2.45) is 0 Å². The summed E-state index contributed by atoms with van der Waals surface area (Å²) >= 11 is 0. The molecule has 5 atom stereocenters. The van der Waals surface area contributed by atoms with Crippen LogP contribution in [-0.4, -0.2) is 37.3 Å². The van der Waals surface area contributed by atoms with E-state index in [1.807, 2.05) is 72.8 Å². The summed E-state index contributed by atoms with van der Waals surface area (Å²) in [5.41, 5.74) is 7.23. The van der Waals surface area contributed by atoms with Crippen molar-refractivity contribution in [2.75, 3.05) is 6.61 Å². The molecule has 0 aliphatic carbocycles. The van der Waals surface area contributed by atoms with Crippen LogP contribution in [0.3, 0.4) is 0 Å². The maximum absolute atomic E-state index is 7.28. The molecule has 5 aromatic carbocycles. The van der Waals surface area contributed by atoms with Gasteiger partial charge in [0.1, 0.15) is 30.2 Å². The highest BCUT2D eigenvalue weighted by molar-refractivity contribution is 5.50. The van der Waals surface area contributed by atoms with Crippen LogP contribution in [0.25, 0.3) is 0 Å². The van der Waals surface area contributed by atoms with E-state index in [9.17, 15) is 0 Å². The van der Waals surface area contributed by atoms with Gasteiger partial charge in [-0.2, -0.15) is 0 Å². The summed E-state index contributed by atoms with van der Waals surface area (Å²) in [5, 5.41) is 0. The van der Waals surface area contributed by atoms with E-state index in [2.05, 4.69) is 109 Å². The van der Waals surface area contributed by atoms with E-state index in [1.54, 1.807) is 0 Å². The van der Waals surface area contributed by atoms with Crippen LogP contribution in [0.4, 0.5) is 0 Å². The lowest BCUT2D eigenvalue weighted by molar-refractivity contribution is -0.310. The van der Waals surface area contributed by atoms with Gasteiger partial charge in [-0.3, -0.25) is 0 Å². The SMILES string of the molecule is Cc1cc(C(C)(C)C)c(O[C@@H]2O[C@H](COCc3ccccc3)[C@@H](OCc3ccccc3)[C@H](OCc3ccccc3)[C@H]2OCc2ccccc2)c(C(C)(C)C)c1. The molecule has 1 saturated heterocycles. The Kier molecular flexibility index (Phi) is 13.6. The van der Waals surface area contributed by atoms with Crippen molar-refractivity contribution < 1.29 is 28.4 Å². The zero-order valence-electron chi connectivity index (χ0n) is 33.6. The summed E-state index contributed by atoms with van der Waals surface area (Å²) in [5.74, 6) is 0.818. The molecule has 0 aromatic heterocycles. The van der Waals surface area contributed by atoms with E-state index in [0.717, 1.165) is 39.1 Å². The molecule has 0 unspecified atom stereocenters. The zero-order valence-corrected chi connectivity index (χ0v) is 33.6. The van der Waals surface area contributed by atoms with Gasteiger partial charge >= 0.3 is 0 Å². The van der Waals surface area contributed by atoms with Crippen LogP contribution in [0, 0.1) is 6.92 Å². The van der Waals surface area contributed by atoms with Crippen LogP contribution in [-0.2, 0) is 60.9 Å². The Balaban J connectivity index is 1.43. The van der Waals surface area contributed by atoms with Crippen LogP contribution in [0.2, 0.25) is 0 Å². The van der Waals surface area contributed by atoms with Crippen LogP contribution in [0.5, 0.6) is 5.75 Å². The Bertz CT molecular complexity index is 1850. The third kappa shape index (κ3) is 11.2. The Morgan fingerprint density at radius 1 is 0.491 bits per heavy atom. The molecule has 55 heavy (non-hydrogen) atoms. The lowest BCUT2D eigenvalue weighted by atomic mass is 9.78. The molecule has 0 N–H and O–H groups in total. The molecule has 290 valence electrons. The number of rotatable bonds is 15. The van der Waals surface area contributed by atoms with Gasteiger partial charge in [0.05, 0.1) is 33.0 Å². The van der Waals surface area contributed by atoms with Gasteiger partial charge in [0.2, 0.25) is 6.29 Å². The highest BCUT2D eigenvalue weighted by Crippen LogP contribution is 2.43. The van der Waals surface area contributed by atoms with Gasteiger partial charge in [-0.1, -0.05) is 181 Å². The second kappa shape index (κ2) is 18.6. The van der Waals surface area contributed by atoms with Gasteiger partial charge in [0, 0.05) is 11.1 Å². The fourth-order valence-electron chi connectivity index (χ4n) is 6.97. The van der Waals surface area contributed by atoms with E-state index in [-0.39, 0.29) is 17.4 Å². The van der Waals surface area contributed by atoms with E-state index >= 15 is 0 Å². The highest BCUT2D eigenvalue weighted by Gasteiger charge is 2.50. The Morgan fingerprint density at radius 2 is 0.873 bits per heavy atom.